The molecule has 2 amide bonds. The van der Waals surface area contributed by atoms with Gasteiger partial charge in [-0.05, 0) is 18.8 Å². The molecule has 0 aromatic heterocycles. The largest absolute Gasteiger partial charge is 0.391 e. The number of carbonyl (C=O) groups is 1. The van der Waals surface area contributed by atoms with Crippen LogP contribution in [0, 0.1) is 5.92 Å². The van der Waals surface area contributed by atoms with E-state index in [4.69, 9.17) is 0 Å². The van der Waals surface area contributed by atoms with Crippen molar-refractivity contribution in [3.05, 3.63) is 0 Å². The lowest BCUT2D eigenvalue weighted by atomic mass is 9.96. The second-order valence-electron chi connectivity index (χ2n) is 5.07. The standard InChI is InChI=1S/C13H26N2O2/c1-3-4-5-6-8-14-13(17)15-9-7-11(2)12(16)10-15/h11-12,16H,3-10H2,1-2H3,(H,14,17). The smallest absolute Gasteiger partial charge is 0.317 e. The Morgan fingerprint density at radius 1 is 1.41 bits per heavy atom. The van der Waals surface area contributed by atoms with Gasteiger partial charge in [-0.1, -0.05) is 33.1 Å². The van der Waals surface area contributed by atoms with Gasteiger partial charge in [0.2, 0.25) is 0 Å². The Morgan fingerprint density at radius 2 is 2.18 bits per heavy atom. The van der Waals surface area contributed by atoms with Crippen molar-refractivity contribution >= 4 is 6.03 Å². The molecular weight excluding hydrogens is 216 g/mol. The molecule has 1 rings (SSSR count). The van der Waals surface area contributed by atoms with Gasteiger partial charge in [-0.25, -0.2) is 4.79 Å². The first kappa shape index (κ1) is 14.3. The molecule has 0 aromatic rings. The van der Waals surface area contributed by atoms with E-state index in [0.717, 1.165) is 25.9 Å². The normalized spacial score (nSPS) is 24.8. The molecule has 1 fully saturated rings. The first-order valence-corrected chi connectivity index (χ1v) is 6.86. The number of unbranched alkanes of at least 4 members (excludes halogenated alkanes) is 3. The van der Waals surface area contributed by atoms with Crippen molar-refractivity contribution in [2.75, 3.05) is 19.6 Å². The van der Waals surface area contributed by atoms with E-state index in [-0.39, 0.29) is 12.1 Å². The van der Waals surface area contributed by atoms with Crippen LogP contribution in [0.2, 0.25) is 0 Å². The Morgan fingerprint density at radius 3 is 2.82 bits per heavy atom. The lowest BCUT2D eigenvalue weighted by molar-refractivity contribution is 0.0436. The molecule has 4 nitrogen and oxygen atoms in total. The van der Waals surface area contributed by atoms with Crippen molar-refractivity contribution in [1.82, 2.24) is 10.2 Å². The lowest BCUT2D eigenvalue weighted by Gasteiger charge is -2.34. The third kappa shape index (κ3) is 4.94. The highest BCUT2D eigenvalue weighted by Gasteiger charge is 2.26. The number of hydrogen-bond acceptors (Lipinski definition) is 2. The minimum absolute atomic E-state index is 0.0209. The van der Waals surface area contributed by atoms with Crippen molar-refractivity contribution in [3.63, 3.8) is 0 Å². The van der Waals surface area contributed by atoms with E-state index in [1.165, 1.54) is 19.3 Å². The number of carbonyl (C=O) groups excluding carboxylic acids is 1. The van der Waals surface area contributed by atoms with Crippen LogP contribution in [0.25, 0.3) is 0 Å². The molecule has 2 unspecified atom stereocenters. The topological polar surface area (TPSA) is 52.6 Å². The van der Waals surface area contributed by atoms with Crippen LogP contribution < -0.4 is 5.32 Å². The molecule has 1 aliphatic heterocycles. The zero-order chi connectivity index (χ0) is 12.7. The number of likely N-dealkylation sites (tertiary alicyclic amines) is 1. The molecule has 2 N–H and O–H groups in total. The van der Waals surface area contributed by atoms with Crippen LogP contribution in [-0.2, 0) is 0 Å². The predicted molar refractivity (Wildman–Crippen MR) is 68.9 cm³/mol. The van der Waals surface area contributed by atoms with Crippen molar-refractivity contribution in [2.45, 2.75) is 52.1 Å². The quantitative estimate of drug-likeness (QED) is 0.724. The molecule has 0 radical (unpaired) electrons. The summed E-state index contributed by atoms with van der Waals surface area (Å²) in [7, 11) is 0. The average Bonchev–Trinajstić information content (AvgIpc) is 2.32. The van der Waals surface area contributed by atoms with Gasteiger partial charge in [0.15, 0.2) is 0 Å². The Bertz CT molecular complexity index is 233. The number of rotatable bonds is 5. The van der Waals surface area contributed by atoms with E-state index < -0.39 is 0 Å². The van der Waals surface area contributed by atoms with E-state index in [9.17, 15) is 9.90 Å². The van der Waals surface area contributed by atoms with E-state index in [2.05, 4.69) is 12.2 Å². The van der Waals surface area contributed by atoms with E-state index >= 15 is 0 Å². The van der Waals surface area contributed by atoms with Gasteiger partial charge in [0.25, 0.3) is 0 Å². The number of nitrogens with one attached hydrogen (secondary N) is 1. The van der Waals surface area contributed by atoms with Gasteiger partial charge in [0.05, 0.1) is 6.10 Å². The molecule has 0 saturated carbocycles. The lowest BCUT2D eigenvalue weighted by Crippen LogP contribution is -2.49. The molecule has 0 aromatic carbocycles. The minimum atomic E-state index is -0.366. The second kappa shape index (κ2) is 7.54. The summed E-state index contributed by atoms with van der Waals surface area (Å²) in [5.41, 5.74) is 0. The van der Waals surface area contributed by atoms with Gasteiger partial charge in [-0.15, -0.1) is 0 Å². The van der Waals surface area contributed by atoms with Crippen LogP contribution >= 0.6 is 0 Å². The number of hydrogen-bond donors (Lipinski definition) is 2. The fourth-order valence-corrected chi connectivity index (χ4v) is 2.09. The maximum absolute atomic E-state index is 11.8. The number of β-amino-alcohol motifs (C(OH)–C–C–N with tert-alkyl or cyclic N) is 1. The Labute approximate surface area is 104 Å². The van der Waals surface area contributed by atoms with E-state index in [0.29, 0.717) is 12.5 Å². The van der Waals surface area contributed by atoms with Gasteiger partial charge in [-0.3, -0.25) is 0 Å². The summed E-state index contributed by atoms with van der Waals surface area (Å²) in [4.78, 5) is 13.5. The zero-order valence-corrected chi connectivity index (χ0v) is 11.1. The van der Waals surface area contributed by atoms with Crippen LogP contribution in [0.3, 0.4) is 0 Å². The molecule has 4 heteroatoms. The van der Waals surface area contributed by atoms with Crippen LogP contribution in [-0.4, -0.2) is 41.8 Å². The number of amides is 2. The first-order valence-electron chi connectivity index (χ1n) is 6.86. The number of piperidine rings is 1. The third-order valence-electron chi connectivity index (χ3n) is 3.51. The Kier molecular flexibility index (Phi) is 6.34. The summed E-state index contributed by atoms with van der Waals surface area (Å²) in [6, 6.07) is -0.0209. The summed E-state index contributed by atoms with van der Waals surface area (Å²) in [5, 5.41) is 12.6. The molecule has 100 valence electrons. The van der Waals surface area contributed by atoms with E-state index in [1.54, 1.807) is 4.90 Å². The number of aliphatic hydroxyl groups excluding tert-OH is 1. The molecule has 0 aliphatic carbocycles. The number of urea groups is 1. The summed E-state index contributed by atoms with van der Waals surface area (Å²) >= 11 is 0. The van der Waals surface area contributed by atoms with Crippen LogP contribution in [0.15, 0.2) is 0 Å². The second-order valence-corrected chi connectivity index (χ2v) is 5.07. The van der Waals surface area contributed by atoms with Crippen molar-refractivity contribution < 1.29 is 9.90 Å². The van der Waals surface area contributed by atoms with E-state index in [1.807, 2.05) is 6.92 Å². The molecule has 2 atom stereocenters. The molecule has 0 spiro atoms. The summed E-state index contributed by atoms with van der Waals surface area (Å²) < 4.78 is 0. The summed E-state index contributed by atoms with van der Waals surface area (Å²) in [6.07, 6.45) is 5.20. The highest BCUT2D eigenvalue weighted by atomic mass is 16.3. The van der Waals surface area contributed by atoms with Gasteiger partial charge in [-0.2, -0.15) is 0 Å². The van der Waals surface area contributed by atoms with Crippen LogP contribution in [0.5, 0.6) is 0 Å². The highest BCUT2D eigenvalue weighted by molar-refractivity contribution is 5.74. The monoisotopic (exact) mass is 242 g/mol. The van der Waals surface area contributed by atoms with Crippen molar-refractivity contribution in [3.8, 4) is 0 Å². The highest BCUT2D eigenvalue weighted by Crippen LogP contribution is 2.16. The fraction of sp³-hybridized carbons (Fsp3) is 0.923. The number of aliphatic hydroxyl groups is 1. The fourth-order valence-electron chi connectivity index (χ4n) is 2.09. The van der Waals surface area contributed by atoms with Crippen molar-refractivity contribution in [2.24, 2.45) is 5.92 Å². The summed E-state index contributed by atoms with van der Waals surface area (Å²) in [5.74, 6) is 0.309. The summed E-state index contributed by atoms with van der Waals surface area (Å²) in [6.45, 7) is 6.20. The Balaban J connectivity index is 2.15. The molecule has 0 bridgehead atoms. The van der Waals surface area contributed by atoms with Crippen molar-refractivity contribution in [1.29, 1.82) is 0 Å². The molecule has 1 heterocycles. The molecule has 1 saturated heterocycles. The molecule has 1 aliphatic rings. The van der Waals surface area contributed by atoms with Gasteiger partial charge >= 0.3 is 6.03 Å². The number of nitrogens with zero attached hydrogens (tertiary/aromatic N) is 1. The van der Waals surface area contributed by atoms with Gasteiger partial charge in [0.1, 0.15) is 0 Å². The average molecular weight is 242 g/mol. The minimum Gasteiger partial charge on any atom is -0.391 e. The van der Waals surface area contributed by atoms with Gasteiger partial charge < -0.3 is 15.3 Å². The van der Waals surface area contributed by atoms with Gasteiger partial charge in [0, 0.05) is 19.6 Å². The van der Waals surface area contributed by atoms with Crippen LogP contribution in [0.1, 0.15) is 46.0 Å². The first-order chi connectivity index (χ1) is 8.15. The third-order valence-corrected chi connectivity index (χ3v) is 3.51. The molecular formula is C13H26N2O2. The molecule has 17 heavy (non-hydrogen) atoms. The zero-order valence-electron chi connectivity index (χ0n) is 11.1. The maximum atomic E-state index is 11.8. The maximum Gasteiger partial charge on any atom is 0.317 e. The van der Waals surface area contributed by atoms with Crippen LogP contribution in [0.4, 0.5) is 4.79 Å². The SMILES string of the molecule is CCCCCCNC(=O)N1CCC(C)C(O)C1. The Hall–Kier alpha value is -0.770. The predicted octanol–water partition coefficient (Wildman–Crippen LogP) is 1.98.